The van der Waals surface area contributed by atoms with Gasteiger partial charge in [0.1, 0.15) is 0 Å². The first-order chi connectivity index (χ1) is 8.03. The molecule has 0 saturated carbocycles. The molecule has 0 aromatic heterocycles. The molecule has 1 aromatic rings. The molecule has 0 bridgehead atoms. The van der Waals surface area contributed by atoms with Crippen LogP contribution in [-0.4, -0.2) is 13.1 Å². The van der Waals surface area contributed by atoms with Crippen LogP contribution in [-0.2, 0) is 6.42 Å². The number of nitrogens with one attached hydrogen (secondary N) is 1. The van der Waals surface area contributed by atoms with E-state index in [1.165, 1.54) is 31.2 Å². The summed E-state index contributed by atoms with van der Waals surface area (Å²) in [5.74, 6) is 0. The molecule has 0 spiro atoms. The second kappa shape index (κ2) is 6.80. The normalized spacial score (nSPS) is 13.6. The molecular weight excluding hydrogens is 206 g/mol. The zero-order valence-electron chi connectivity index (χ0n) is 11.8. The van der Waals surface area contributed by atoms with Gasteiger partial charge in [0.05, 0.1) is 0 Å². The monoisotopic (exact) mass is 233 g/mol. The fourth-order valence-electron chi connectivity index (χ4n) is 2.45. The van der Waals surface area contributed by atoms with Gasteiger partial charge in [-0.15, -0.1) is 0 Å². The van der Waals surface area contributed by atoms with Crippen LogP contribution in [0.2, 0.25) is 0 Å². The van der Waals surface area contributed by atoms with Gasteiger partial charge in [-0.05, 0) is 50.6 Å². The first-order valence-electron chi connectivity index (χ1n) is 6.75. The van der Waals surface area contributed by atoms with Gasteiger partial charge in [-0.25, -0.2) is 0 Å². The Kier molecular flexibility index (Phi) is 5.70. The summed E-state index contributed by atoms with van der Waals surface area (Å²) in [4.78, 5) is 0. The molecule has 1 unspecified atom stereocenters. The smallest absolute Gasteiger partial charge is 0.00408 e. The molecule has 0 aliphatic heterocycles. The van der Waals surface area contributed by atoms with Crippen molar-refractivity contribution in [2.24, 2.45) is 5.41 Å². The molecule has 0 aliphatic rings. The van der Waals surface area contributed by atoms with Gasteiger partial charge in [0.25, 0.3) is 0 Å². The highest BCUT2D eigenvalue weighted by molar-refractivity contribution is 5.14. The van der Waals surface area contributed by atoms with E-state index in [1.54, 1.807) is 0 Å². The van der Waals surface area contributed by atoms with Crippen molar-refractivity contribution in [1.29, 1.82) is 0 Å². The number of hydrogen-bond acceptors (Lipinski definition) is 1. The summed E-state index contributed by atoms with van der Waals surface area (Å²) in [5, 5.41) is 3.33. The SMILES string of the molecule is CNC(C)CC(C)(C)CCCc1ccccc1. The highest BCUT2D eigenvalue weighted by Gasteiger charge is 2.19. The second-order valence-corrected chi connectivity index (χ2v) is 5.90. The predicted octanol–water partition coefficient (Wildman–Crippen LogP) is 4.03. The summed E-state index contributed by atoms with van der Waals surface area (Å²) in [5.41, 5.74) is 1.90. The maximum absolute atomic E-state index is 3.33. The van der Waals surface area contributed by atoms with Crippen LogP contribution >= 0.6 is 0 Å². The lowest BCUT2D eigenvalue weighted by molar-refractivity contribution is 0.267. The van der Waals surface area contributed by atoms with E-state index in [9.17, 15) is 0 Å². The summed E-state index contributed by atoms with van der Waals surface area (Å²) in [7, 11) is 2.05. The van der Waals surface area contributed by atoms with E-state index < -0.39 is 0 Å². The van der Waals surface area contributed by atoms with Crippen LogP contribution in [0.4, 0.5) is 0 Å². The summed E-state index contributed by atoms with van der Waals surface area (Å²) in [6.45, 7) is 7.02. The number of hydrogen-bond donors (Lipinski definition) is 1. The summed E-state index contributed by atoms with van der Waals surface area (Å²) < 4.78 is 0. The van der Waals surface area contributed by atoms with E-state index in [0.717, 1.165) is 0 Å². The molecule has 0 heterocycles. The van der Waals surface area contributed by atoms with Gasteiger partial charge in [-0.2, -0.15) is 0 Å². The Hall–Kier alpha value is -0.820. The van der Waals surface area contributed by atoms with E-state index in [2.05, 4.69) is 56.4 Å². The predicted molar refractivity (Wildman–Crippen MR) is 76.3 cm³/mol. The van der Waals surface area contributed by atoms with Crippen LogP contribution in [0.15, 0.2) is 30.3 Å². The van der Waals surface area contributed by atoms with E-state index in [0.29, 0.717) is 11.5 Å². The standard InChI is InChI=1S/C16H27N/c1-14(17-4)13-16(2,3)12-8-11-15-9-6-5-7-10-15/h5-7,9-10,14,17H,8,11-13H2,1-4H3. The topological polar surface area (TPSA) is 12.0 Å². The van der Waals surface area contributed by atoms with Crippen molar-refractivity contribution in [3.05, 3.63) is 35.9 Å². The molecule has 1 N–H and O–H groups in total. The van der Waals surface area contributed by atoms with Crippen molar-refractivity contribution in [2.75, 3.05) is 7.05 Å². The second-order valence-electron chi connectivity index (χ2n) is 5.90. The molecule has 0 radical (unpaired) electrons. The Balaban J connectivity index is 2.30. The minimum absolute atomic E-state index is 0.442. The van der Waals surface area contributed by atoms with Gasteiger partial charge < -0.3 is 5.32 Å². The molecule has 0 fully saturated rings. The van der Waals surface area contributed by atoms with Gasteiger partial charge in [-0.1, -0.05) is 44.2 Å². The quantitative estimate of drug-likeness (QED) is 0.749. The Morgan fingerprint density at radius 2 is 1.82 bits per heavy atom. The van der Waals surface area contributed by atoms with E-state index in [-0.39, 0.29) is 0 Å². The van der Waals surface area contributed by atoms with E-state index >= 15 is 0 Å². The van der Waals surface area contributed by atoms with Crippen molar-refractivity contribution < 1.29 is 0 Å². The van der Waals surface area contributed by atoms with Crippen LogP contribution in [0.25, 0.3) is 0 Å². The minimum Gasteiger partial charge on any atom is -0.317 e. The first kappa shape index (κ1) is 14.2. The maximum atomic E-state index is 3.33. The minimum atomic E-state index is 0.442. The molecule has 17 heavy (non-hydrogen) atoms. The van der Waals surface area contributed by atoms with Crippen molar-refractivity contribution in [3.8, 4) is 0 Å². The third-order valence-electron chi connectivity index (χ3n) is 3.51. The average Bonchev–Trinajstić information content (AvgIpc) is 2.29. The number of aryl methyl sites for hydroxylation is 1. The van der Waals surface area contributed by atoms with Crippen molar-refractivity contribution in [3.63, 3.8) is 0 Å². The summed E-state index contributed by atoms with van der Waals surface area (Å²) >= 11 is 0. The fraction of sp³-hybridized carbons (Fsp3) is 0.625. The van der Waals surface area contributed by atoms with Gasteiger partial charge in [0.2, 0.25) is 0 Å². The molecule has 1 nitrogen and oxygen atoms in total. The highest BCUT2D eigenvalue weighted by atomic mass is 14.9. The Morgan fingerprint density at radius 1 is 1.18 bits per heavy atom. The largest absolute Gasteiger partial charge is 0.317 e. The first-order valence-corrected chi connectivity index (χ1v) is 6.75. The third-order valence-corrected chi connectivity index (χ3v) is 3.51. The van der Waals surface area contributed by atoms with E-state index in [1.807, 2.05) is 7.05 Å². The third kappa shape index (κ3) is 5.88. The summed E-state index contributed by atoms with van der Waals surface area (Å²) in [6.07, 6.45) is 5.04. The highest BCUT2D eigenvalue weighted by Crippen LogP contribution is 2.28. The molecule has 0 aliphatic carbocycles. The molecule has 96 valence electrons. The Bertz CT molecular complexity index is 303. The van der Waals surface area contributed by atoms with E-state index in [4.69, 9.17) is 0 Å². The Morgan fingerprint density at radius 3 is 2.41 bits per heavy atom. The van der Waals surface area contributed by atoms with Gasteiger partial charge in [0, 0.05) is 6.04 Å². The zero-order valence-corrected chi connectivity index (χ0v) is 11.8. The van der Waals surface area contributed by atoms with Crippen molar-refractivity contribution >= 4 is 0 Å². The average molecular weight is 233 g/mol. The summed E-state index contributed by atoms with van der Waals surface area (Å²) in [6, 6.07) is 11.4. The van der Waals surface area contributed by atoms with Gasteiger partial charge in [-0.3, -0.25) is 0 Å². The fourth-order valence-corrected chi connectivity index (χ4v) is 2.45. The van der Waals surface area contributed by atoms with Crippen LogP contribution in [0.1, 0.15) is 45.6 Å². The maximum Gasteiger partial charge on any atom is 0.00408 e. The van der Waals surface area contributed by atoms with Crippen molar-refractivity contribution in [1.82, 2.24) is 5.32 Å². The van der Waals surface area contributed by atoms with Crippen LogP contribution in [0, 0.1) is 5.41 Å². The molecule has 0 amide bonds. The van der Waals surface area contributed by atoms with Crippen LogP contribution in [0.5, 0.6) is 0 Å². The molecular formula is C16H27N. The molecule has 1 aromatic carbocycles. The van der Waals surface area contributed by atoms with Crippen molar-refractivity contribution in [2.45, 2.75) is 52.5 Å². The van der Waals surface area contributed by atoms with Crippen LogP contribution < -0.4 is 5.32 Å². The zero-order chi connectivity index (χ0) is 12.7. The molecule has 0 saturated heterocycles. The number of rotatable bonds is 7. The van der Waals surface area contributed by atoms with Gasteiger partial charge in [0.15, 0.2) is 0 Å². The molecule has 1 atom stereocenters. The molecule has 1 rings (SSSR count). The lowest BCUT2D eigenvalue weighted by Gasteiger charge is -2.28. The van der Waals surface area contributed by atoms with Gasteiger partial charge >= 0.3 is 0 Å². The number of benzene rings is 1. The van der Waals surface area contributed by atoms with Crippen LogP contribution in [0.3, 0.4) is 0 Å². The Labute approximate surface area is 107 Å². The molecule has 1 heteroatoms. The lowest BCUT2D eigenvalue weighted by Crippen LogP contribution is -2.28. The lowest BCUT2D eigenvalue weighted by atomic mass is 9.81.